The van der Waals surface area contributed by atoms with Crippen LogP contribution >= 0.6 is 11.3 Å². The number of thiazole rings is 1. The second-order valence-corrected chi connectivity index (χ2v) is 9.48. The van der Waals surface area contributed by atoms with E-state index in [4.69, 9.17) is 19.0 Å². The lowest BCUT2D eigenvalue weighted by Crippen LogP contribution is -2.28. The van der Waals surface area contributed by atoms with Gasteiger partial charge in [-0.3, -0.25) is 19.0 Å². The van der Waals surface area contributed by atoms with Gasteiger partial charge in [-0.25, -0.2) is 0 Å². The first kappa shape index (κ1) is 27.6. The fraction of sp³-hybridized carbons (Fsp3) is 0.241. The molecule has 202 valence electrons. The van der Waals surface area contributed by atoms with Gasteiger partial charge >= 0.3 is 16.8 Å². The molecule has 0 saturated heterocycles. The van der Waals surface area contributed by atoms with Crippen molar-refractivity contribution in [1.82, 2.24) is 4.57 Å². The molecular weight excluding hydrogens is 520 g/mol. The highest BCUT2D eigenvalue weighted by atomic mass is 32.1. The summed E-state index contributed by atoms with van der Waals surface area (Å²) in [5, 5.41) is 4.20. The van der Waals surface area contributed by atoms with Crippen molar-refractivity contribution >= 4 is 39.2 Å². The molecule has 10 heteroatoms. The monoisotopic (exact) mass is 548 g/mol. The number of hydrogen-bond acceptors (Lipinski definition) is 9. The first-order valence-corrected chi connectivity index (χ1v) is 12.9. The zero-order valence-corrected chi connectivity index (χ0v) is 22.6. The second-order valence-electron chi connectivity index (χ2n) is 8.49. The van der Waals surface area contributed by atoms with E-state index in [9.17, 15) is 14.4 Å². The number of carbonyl (C=O) groups excluding carboxylic acids is 2. The lowest BCUT2D eigenvalue weighted by Gasteiger charge is -2.13. The highest BCUT2D eigenvalue weighted by Crippen LogP contribution is 2.22. The molecule has 0 radical (unpaired) electrons. The molecule has 3 aromatic carbocycles. The van der Waals surface area contributed by atoms with Gasteiger partial charge in [0.15, 0.2) is 5.92 Å². The Labute approximate surface area is 229 Å². The third-order valence-corrected chi connectivity index (χ3v) is 7.03. The number of rotatable bonds is 11. The minimum Gasteiger partial charge on any atom is -0.492 e. The van der Waals surface area contributed by atoms with Crippen LogP contribution < -0.4 is 9.61 Å². The van der Waals surface area contributed by atoms with Gasteiger partial charge in [0.1, 0.15) is 25.2 Å². The minimum atomic E-state index is -1.03. The maximum Gasteiger partial charge on any atom is 0.320 e. The summed E-state index contributed by atoms with van der Waals surface area (Å²) in [5.74, 6) is -1.73. The van der Waals surface area contributed by atoms with E-state index < -0.39 is 17.9 Å². The van der Waals surface area contributed by atoms with Crippen molar-refractivity contribution in [2.24, 2.45) is 11.1 Å². The maximum atomic E-state index is 12.8. The van der Waals surface area contributed by atoms with E-state index >= 15 is 0 Å². The summed E-state index contributed by atoms with van der Waals surface area (Å²) < 4.78 is 17.8. The SMILES string of the molecule is CON=C(c1ccccc1)c1ccc2c(c1)sc(=O)n2CCOc1ccc(CC(C(=O)OC)C(=O)OC)cc1. The van der Waals surface area contributed by atoms with Gasteiger partial charge in [-0.1, -0.05) is 65.0 Å². The van der Waals surface area contributed by atoms with Crippen LogP contribution in [0.25, 0.3) is 10.2 Å². The van der Waals surface area contributed by atoms with Crippen molar-refractivity contribution in [2.75, 3.05) is 27.9 Å². The molecule has 9 nitrogen and oxygen atoms in total. The molecule has 0 N–H and O–H groups in total. The Kier molecular flexibility index (Phi) is 9.11. The fourth-order valence-electron chi connectivity index (χ4n) is 4.14. The van der Waals surface area contributed by atoms with Crippen LogP contribution in [-0.2, 0) is 36.9 Å². The lowest BCUT2D eigenvalue weighted by molar-refractivity contribution is -0.158. The van der Waals surface area contributed by atoms with Gasteiger partial charge in [0, 0.05) is 11.1 Å². The molecule has 0 spiro atoms. The van der Waals surface area contributed by atoms with Crippen LogP contribution in [0.1, 0.15) is 16.7 Å². The normalized spacial score (nSPS) is 11.4. The Morgan fingerprint density at radius 3 is 2.23 bits per heavy atom. The standard InChI is InChI=1S/C29H28N2O7S/c1-35-27(32)23(28(33)36-2)17-19-9-12-22(13-10-19)38-16-15-31-24-14-11-21(18-25(24)39-29(31)34)26(30-37-3)20-7-5-4-6-8-20/h4-14,18,23H,15-17H2,1-3H3. The van der Waals surface area contributed by atoms with E-state index in [2.05, 4.69) is 5.16 Å². The summed E-state index contributed by atoms with van der Waals surface area (Å²) in [4.78, 5) is 41.6. The Morgan fingerprint density at radius 2 is 1.59 bits per heavy atom. The van der Waals surface area contributed by atoms with Gasteiger partial charge in [-0.15, -0.1) is 0 Å². The summed E-state index contributed by atoms with van der Waals surface area (Å²) in [6.45, 7) is 0.643. The molecule has 4 rings (SSSR count). The number of ether oxygens (including phenoxy) is 3. The quantitative estimate of drug-likeness (QED) is 0.121. The molecule has 4 aromatic rings. The van der Waals surface area contributed by atoms with Gasteiger partial charge in [-0.2, -0.15) is 0 Å². The number of aromatic nitrogens is 1. The predicted molar refractivity (Wildman–Crippen MR) is 148 cm³/mol. The zero-order chi connectivity index (χ0) is 27.8. The van der Waals surface area contributed by atoms with Gasteiger partial charge in [0.25, 0.3) is 0 Å². The van der Waals surface area contributed by atoms with Gasteiger partial charge in [0.05, 0.1) is 31.0 Å². The van der Waals surface area contributed by atoms with Crippen LogP contribution in [-0.4, -0.2) is 50.2 Å². The first-order valence-electron chi connectivity index (χ1n) is 12.1. The molecule has 0 aliphatic heterocycles. The van der Waals surface area contributed by atoms with Crippen LogP contribution in [0.15, 0.2) is 82.7 Å². The van der Waals surface area contributed by atoms with E-state index in [1.807, 2.05) is 48.5 Å². The van der Waals surface area contributed by atoms with Crippen LogP contribution in [0, 0.1) is 5.92 Å². The number of hydrogen-bond donors (Lipinski definition) is 0. The number of benzene rings is 3. The molecule has 39 heavy (non-hydrogen) atoms. The van der Waals surface area contributed by atoms with Crippen LogP contribution in [0.4, 0.5) is 0 Å². The number of methoxy groups -OCH3 is 2. The Morgan fingerprint density at radius 1 is 0.897 bits per heavy atom. The molecule has 0 aliphatic carbocycles. The van der Waals surface area contributed by atoms with Crippen LogP contribution in [0.5, 0.6) is 5.75 Å². The van der Waals surface area contributed by atoms with Crippen molar-refractivity contribution in [3.8, 4) is 5.75 Å². The molecule has 0 unspecified atom stereocenters. The largest absolute Gasteiger partial charge is 0.492 e. The second kappa shape index (κ2) is 12.9. The first-order chi connectivity index (χ1) is 18.9. The van der Waals surface area contributed by atoms with Crippen LogP contribution in [0.3, 0.4) is 0 Å². The summed E-state index contributed by atoms with van der Waals surface area (Å²) in [7, 11) is 3.97. The average molecular weight is 549 g/mol. The average Bonchev–Trinajstić information content (AvgIpc) is 3.28. The topological polar surface area (TPSA) is 105 Å². The number of fused-ring (bicyclic) bond motifs is 1. The molecular formula is C29H28N2O7S. The van der Waals surface area contributed by atoms with Crippen molar-refractivity contribution in [2.45, 2.75) is 13.0 Å². The molecule has 0 amide bonds. The smallest absolute Gasteiger partial charge is 0.320 e. The molecule has 1 aromatic heterocycles. The number of nitrogens with zero attached hydrogens (tertiary/aromatic N) is 2. The van der Waals surface area contributed by atoms with Gasteiger partial charge < -0.3 is 19.0 Å². The Hall–Kier alpha value is -4.44. The lowest BCUT2D eigenvalue weighted by atomic mass is 9.99. The molecule has 0 saturated carbocycles. The minimum absolute atomic E-state index is 0.0808. The van der Waals surface area contributed by atoms with Gasteiger partial charge in [-0.05, 0) is 36.2 Å². The predicted octanol–water partition coefficient (Wildman–Crippen LogP) is 4.05. The van der Waals surface area contributed by atoms with E-state index in [0.717, 1.165) is 26.9 Å². The van der Waals surface area contributed by atoms with E-state index in [0.29, 0.717) is 18.0 Å². The Bertz CT molecular complexity index is 1510. The highest BCUT2D eigenvalue weighted by molar-refractivity contribution is 7.16. The van der Waals surface area contributed by atoms with E-state index in [1.165, 1.54) is 32.7 Å². The van der Waals surface area contributed by atoms with E-state index in [-0.39, 0.29) is 17.9 Å². The van der Waals surface area contributed by atoms with Crippen molar-refractivity contribution < 1.29 is 28.6 Å². The highest BCUT2D eigenvalue weighted by Gasteiger charge is 2.28. The number of carbonyl (C=O) groups is 2. The summed E-state index contributed by atoms with van der Waals surface area (Å²) in [5.41, 5.74) is 4.02. The van der Waals surface area contributed by atoms with Crippen LogP contribution in [0.2, 0.25) is 0 Å². The molecule has 1 heterocycles. The summed E-state index contributed by atoms with van der Waals surface area (Å²) in [6.07, 6.45) is 0.152. The Balaban J connectivity index is 1.43. The third kappa shape index (κ3) is 6.53. The third-order valence-electron chi connectivity index (χ3n) is 6.09. The zero-order valence-electron chi connectivity index (χ0n) is 21.8. The summed E-state index contributed by atoms with van der Waals surface area (Å²) in [6, 6.07) is 22.5. The van der Waals surface area contributed by atoms with Crippen molar-refractivity contribution in [3.05, 3.63) is 99.2 Å². The fourth-order valence-corrected chi connectivity index (χ4v) is 5.10. The molecule has 0 bridgehead atoms. The molecule has 0 atom stereocenters. The van der Waals surface area contributed by atoms with Gasteiger partial charge in [0.2, 0.25) is 0 Å². The van der Waals surface area contributed by atoms with Crippen molar-refractivity contribution in [1.29, 1.82) is 0 Å². The molecule has 0 aliphatic rings. The van der Waals surface area contributed by atoms with E-state index in [1.54, 1.807) is 28.8 Å². The maximum absolute atomic E-state index is 12.8. The number of oxime groups is 1. The van der Waals surface area contributed by atoms with Crippen molar-refractivity contribution in [3.63, 3.8) is 0 Å². The molecule has 0 fully saturated rings. The summed E-state index contributed by atoms with van der Waals surface area (Å²) >= 11 is 1.17. The number of esters is 2.